The van der Waals surface area contributed by atoms with Crippen molar-refractivity contribution in [3.8, 4) is 5.75 Å². The normalized spacial score (nSPS) is 9.91. The summed E-state index contributed by atoms with van der Waals surface area (Å²) in [6.07, 6.45) is 0. The van der Waals surface area contributed by atoms with Gasteiger partial charge < -0.3 is 15.4 Å². The predicted octanol–water partition coefficient (Wildman–Crippen LogP) is 2.72. The molecule has 0 bridgehead atoms. The third kappa shape index (κ3) is 4.49. The van der Waals surface area contributed by atoms with E-state index < -0.39 is 0 Å². The third-order valence-electron chi connectivity index (χ3n) is 2.85. The van der Waals surface area contributed by atoms with Crippen molar-refractivity contribution in [3.05, 3.63) is 59.1 Å². The lowest BCUT2D eigenvalue weighted by atomic mass is 10.2. The van der Waals surface area contributed by atoms with Crippen LogP contribution in [0.4, 0.5) is 5.69 Å². The zero-order valence-corrected chi connectivity index (χ0v) is 12.7. The molecule has 2 amide bonds. The maximum Gasteiger partial charge on any atom is 0.251 e. The van der Waals surface area contributed by atoms with Crippen molar-refractivity contribution in [1.82, 2.24) is 5.32 Å². The molecule has 0 saturated heterocycles. The molecular formula is C16H15ClN2O3. The van der Waals surface area contributed by atoms with Gasteiger partial charge in [-0.25, -0.2) is 0 Å². The summed E-state index contributed by atoms with van der Waals surface area (Å²) in [5.41, 5.74) is 1.00. The van der Waals surface area contributed by atoms with Crippen molar-refractivity contribution in [2.45, 2.75) is 0 Å². The summed E-state index contributed by atoms with van der Waals surface area (Å²) in [4.78, 5) is 23.7. The van der Waals surface area contributed by atoms with Crippen molar-refractivity contribution in [1.29, 1.82) is 0 Å². The maximum atomic E-state index is 12.0. The molecule has 22 heavy (non-hydrogen) atoms. The SMILES string of the molecule is COc1cccc(C(=O)NCC(=O)Nc2cccc(Cl)c2)c1. The maximum absolute atomic E-state index is 12.0. The fourth-order valence-corrected chi connectivity index (χ4v) is 1.99. The Hall–Kier alpha value is -2.53. The minimum absolute atomic E-state index is 0.136. The number of hydrogen-bond donors (Lipinski definition) is 2. The molecule has 114 valence electrons. The first-order valence-corrected chi connectivity index (χ1v) is 6.94. The van der Waals surface area contributed by atoms with Gasteiger partial charge in [0.2, 0.25) is 5.91 Å². The van der Waals surface area contributed by atoms with Crippen molar-refractivity contribution >= 4 is 29.1 Å². The van der Waals surface area contributed by atoms with Gasteiger partial charge in [-0.3, -0.25) is 9.59 Å². The Morgan fingerprint density at radius 3 is 2.64 bits per heavy atom. The van der Waals surface area contributed by atoms with Gasteiger partial charge in [-0.1, -0.05) is 23.7 Å². The molecule has 0 unspecified atom stereocenters. The van der Waals surface area contributed by atoms with Gasteiger partial charge in [0.05, 0.1) is 13.7 Å². The Morgan fingerprint density at radius 1 is 1.14 bits per heavy atom. The summed E-state index contributed by atoms with van der Waals surface area (Å²) in [5.74, 6) is -0.102. The molecule has 0 radical (unpaired) electrons. The van der Waals surface area contributed by atoms with Gasteiger partial charge in [0.1, 0.15) is 5.75 Å². The zero-order valence-electron chi connectivity index (χ0n) is 11.9. The number of anilines is 1. The van der Waals surface area contributed by atoms with Gasteiger partial charge in [-0.2, -0.15) is 0 Å². The zero-order chi connectivity index (χ0) is 15.9. The van der Waals surface area contributed by atoms with Crippen LogP contribution >= 0.6 is 11.6 Å². The molecule has 0 heterocycles. The van der Waals surface area contributed by atoms with Gasteiger partial charge in [0.25, 0.3) is 5.91 Å². The quantitative estimate of drug-likeness (QED) is 0.890. The molecular weight excluding hydrogens is 304 g/mol. The van der Waals surface area contributed by atoms with Crippen molar-refractivity contribution in [2.75, 3.05) is 19.0 Å². The second-order valence-electron chi connectivity index (χ2n) is 4.47. The van der Waals surface area contributed by atoms with E-state index in [1.807, 2.05) is 0 Å². The molecule has 0 spiro atoms. The highest BCUT2D eigenvalue weighted by atomic mass is 35.5. The van der Waals surface area contributed by atoms with E-state index in [4.69, 9.17) is 16.3 Å². The standard InChI is InChI=1S/C16H15ClN2O3/c1-22-14-7-2-4-11(8-14)16(21)18-10-15(20)19-13-6-3-5-12(17)9-13/h2-9H,10H2,1H3,(H,18,21)(H,19,20). The summed E-state index contributed by atoms with van der Waals surface area (Å²) in [5, 5.41) is 5.72. The topological polar surface area (TPSA) is 67.4 Å². The molecule has 0 fully saturated rings. The summed E-state index contributed by atoms with van der Waals surface area (Å²) in [6.45, 7) is -0.136. The smallest absolute Gasteiger partial charge is 0.251 e. The van der Waals surface area contributed by atoms with E-state index in [1.165, 1.54) is 7.11 Å². The van der Waals surface area contributed by atoms with Crippen molar-refractivity contribution < 1.29 is 14.3 Å². The van der Waals surface area contributed by atoms with Crippen molar-refractivity contribution in [3.63, 3.8) is 0 Å². The lowest BCUT2D eigenvalue weighted by molar-refractivity contribution is -0.115. The van der Waals surface area contributed by atoms with Crippen LogP contribution in [-0.2, 0) is 4.79 Å². The molecule has 2 rings (SSSR count). The predicted molar refractivity (Wildman–Crippen MR) is 85.4 cm³/mol. The largest absolute Gasteiger partial charge is 0.497 e. The summed E-state index contributed by atoms with van der Waals surface area (Å²) < 4.78 is 5.05. The lowest BCUT2D eigenvalue weighted by Gasteiger charge is -2.08. The van der Waals surface area contributed by atoms with Gasteiger partial charge in [-0.05, 0) is 36.4 Å². The van der Waals surface area contributed by atoms with Gasteiger partial charge in [-0.15, -0.1) is 0 Å². The number of nitrogens with one attached hydrogen (secondary N) is 2. The third-order valence-corrected chi connectivity index (χ3v) is 3.08. The Morgan fingerprint density at radius 2 is 1.91 bits per heavy atom. The van der Waals surface area contributed by atoms with Crippen LogP contribution in [0.15, 0.2) is 48.5 Å². The monoisotopic (exact) mass is 318 g/mol. The number of halogens is 1. The van der Waals surface area contributed by atoms with E-state index in [1.54, 1.807) is 48.5 Å². The molecule has 0 aliphatic rings. The van der Waals surface area contributed by atoms with E-state index in [2.05, 4.69) is 10.6 Å². The van der Waals surface area contributed by atoms with Crippen LogP contribution in [0.5, 0.6) is 5.75 Å². The van der Waals surface area contributed by atoms with Crippen LogP contribution in [0.1, 0.15) is 10.4 Å². The Bertz CT molecular complexity index is 689. The van der Waals surface area contributed by atoms with E-state index in [-0.39, 0.29) is 18.4 Å². The molecule has 6 heteroatoms. The molecule has 0 saturated carbocycles. The molecule has 2 aromatic rings. The first-order chi connectivity index (χ1) is 10.6. The molecule has 0 aromatic heterocycles. The van der Waals surface area contributed by atoms with Crippen LogP contribution in [-0.4, -0.2) is 25.5 Å². The van der Waals surface area contributed by atoms with E-state index >= 15 is 0 Å². The van der Waals surface area contributed by atoms with Crippen LogP contribution in [0.3, 0.4) is 0 Å². The number of carbonyl (C=O) groups is 2. The van der Waals surface area contributed by atoms with E-state index in [0.717, 1.165) is 0 Å². The molecule has 0 aliphatic heterocycles. The van der Waals surface area contributed by atoms with Crippen LogP contribution in [0, 0.1) is 0 Å². The number of carbonyl (C=O) groups excluding carboxylic acids is 2. The first-order valence-electron chi connectivity index (χ1n) is 6.56. The van der Waals surface area contributed by atoms with Crippen LogP contribution in [0.2, 0.25) is 5.02 Å². The van der Waals surface area contributed by atoms with Gasteiger partial charge in [0, 0.05) is 16.3 Å². The Balaban J connectivity index is 1.89. The Labute approximate surface area is 133 Å². The minimum Gasteiger partial charge on any atom is -0.497 e. The summed E-state index contributed by atoms with van der Waals surface area (Å²) in [6, 6.07) is 13.5. The van der Waals surface area contributed by atoms with Gasteiger partial charge in [0.15, 0.2) is 0 Å². The number of methoxy groups -OCH3 is 1. The Kier molecular flexibility index (Phi) is 5.38. The number of amides is 2. The van der Waals surface area contributed by atoms with E-state index in [9.17, 15) is 9.59 Å². The second kappa shape index (κ2) is 7.47. The molecule has 2 aromatic carbocycles. The highest BCUT2D eigenvalue weighted by molar-refractivity contribution is 6.30. The summed E-state index contributed by atoms with van der Waals surface area (Å²) in [7, 11) is 1.52. The minimum atomic E-state index is -0.347. The summed E-state index contributed by atoms with van der Waals surface area (Å²) >= 11 is 5.83. The number of ether oxygens (including phenoxy) is 1. The fraction of sp³-hybridized carbons (Fsp3) is 0.125. The number of benzene rings is 2. The first kappa shape index (κ1) is 15.9. The van der Waals surface area contributed by atoms with Crippen molar-refractivity contribution in [2.24, 2.45) is 0 Å². The fourth-order valence-electron chi connectivity index (χ4n) is 1.80. The average Bonchev–Trinajstić information content (AvgIpc) is 2.52. The molecule has 0 aliphatic carbocycles. The number of hydrogen-bond acceptors (Lipinski definition) is 3. The average molecular weight is 319 g/mol. The molecule has 0 atom stereocenters. The van der Waals surface area contributed by atoms with Gasteiger partial charge >= 0.3 is 0 Å². The van der Waals surface area contributed by atoms with Crippen LogP contribution in [0.25, 0.3) is 0 Å². The lowest BCUT2D eigenvalue weighted by Crippen LogP contribution is -2.32. The molecule has 2 N–H and O–H groups in total. The highest BCUT2D eigenvalue weighted by Gasteiger charge is 2.09. The van der Waals surface area contributed by atoms with E-state index in [0.29, 0.717) is 22.0 Å². The highest BCUT2D eigenvalue weighted by Crippen LogP contribution is 2.15. The number of rotatable bonds is 5. The molecule has 5 nitrogen and oxygen atoms in total. The second-order valence-corrected chi connectivity index (χ2v) is 4.91. The van der Waals surface area contributed by atoms with Crippen LogP contribution < -0.4 is 15.4 Å².